The van der Waals surface area contributed by atoms with Gasteiger partial charge in [-0.15, -0.1) is 0 Å². The minimum absolute atomic E-state index is 0.122. The molecule has 6 nitrogen and oxygen atoms in total. The van der Waals surface area contributed by atoms with Crippen LogP contribution < -0.4 is 0 Å². The van der Waals surface area contributed by atoms with Crippen LogP contribution in [0.1, 0.15) is 194 Å². The first-order valence-electron chi connectivity index (χ1n) is 24.5. The molecule has 62 heavy (non-hydrogen) atoms. The highest BCUT2D eigenvalue weighted by Crippen LogP contribution is 2.12. The van der Waals surface area contributed by atoms with Crippen molar-refractivity contribution in [3.8, 4) is 0 Å². The topological polar surface area (TPSA) is 78.9 Å². The van der Waals surface area contributed by atoms with Crippen molar-refractivity contribution < 1.29 is 28.6 Å². The average Bonchev–Trinajstić information content (AvgIpc) is 3.27. The molecule has 0 amide bonds. The SMILES string of the molecule is CC/C=C\C/C=C\C/C=C\C/C=C\CCCCCCC(=O)OCC(COC(=O)CC/C=C\C/C=C\C/C=C\C/C=C\CC)OC(=O)CCCCCCC/C=C\C/C=C\CCCC. The Bertz CT molecular complexity index is 1350. The van der Waals surface area contributed by atoms with Crippen LogP contribution in [0.4, 0.5) is 0 Å². The molecular formula is C56H88O6. The molecule has 0 fully saturated rings. The van der Waals surface area contributed by atoms with Gasteiger partial charge >= 0.3 is 17.9 Å². The second-order valence-electron chi connectivity index (χ2n) is 15.6. The molecule has 0 N–H and O–H groups in total. The molecule has 0 aliphatic heterocycles. The van der Waals surface area contributed by atoms with Crippen molar-refractivity contribution in [3.05, 3.63) is 122 Å². The zero-order valence-electron chi connectivity index (χ0n) is 39.6. The molecule has 0 spiro atoms. The zero-order chi connectivity index (χ0) is 45.1. The van der Waals surface area contributed by atoms with Crippen LogP contribution in [-0.4, -0.2) is 37.2 Å². The summed E-state index contributed by atoms with van der Waals surface area (Å²) in [6.45, 7) is 6.24. The van der Waals surface area contributed by atoms with E-state index in [1.165, 1.54) is 19.3 Å². The lowest BCUT2D eigenvalue weighted by Gasteiger charge is -2.18. The Morgan fingerprint density at radius 2 is 0.661 bits per heavy atom. The summed E-state index contributed by atoms with van der Waals surface area (Å²) in [4.78, 5) is 37.9. The maximum atomic E-state index is 12.8. The van der Waals surface area contributed by atoms with E-state index in [1.54, 1.807) is 0 Å². The molecule has 0 saturated heterocycles. The molecule has 0 aromatic heterocycles. The number of hydrogen-bond acceptors (Lipinski definition) is 6. The monoisotopic (exact) mass is 857 g/mol. The third kappa shape index (κ3) is 46.9. The Hall–Kier alpha value is -4.19. The molecule has 0 aliphatic carbocycles. The molecular weight excluding hydrogens is 769 g/mol. The number of unbranched alkanes of at least 4 members (excludes halogenated alkanes) is 11. The molecule has 348 valence electrons. The lowest BCUT2D eigenvalue weighted by molar-refractivity contribution is -0.166. The van der Waals surface area contributed by atoms with E-state index in [0.717, 1.165) is 128 Å². The summed E-state index contributed by atoms with van der Waals surface area (Å²) in [7, 11) is 0. The summed E-state index contributed by atoms with van der Waals surface area (Å²) in [5.41, 5.74) is 0. The van der Waals surface area contributed by atoms with Gasteiger partial charge in [0, 0.05) is 19.3 Å². The second-order valence-corrected chi connectivity index (χ2v) is 15.6. The van der Waals surface area contributed by atoms with E-state index in [2.05, 4.69) is 130 Å². The summed E-state index contributed by atoms with van der Waals surface area (Å²) in [6, 6.07) is 0. The van der Waals surface area contributed by atoms with Gasteiger partial charge < -0.3 is 14.2 Å². The number of ether oxygens (including phenoxy) is 3. The molecule has 0 heterocycles. The maximum absolute atomic E-state index is 12.8. The predicted octanol–water partition coefficient (Wildman–Crippen LogP) is 16.1. The van der Waals surface area contributed by atoms with Gasteiger partial charge in [-0.25, -0.2) is 0 Å². The molecule has 0 radical (unpaired) electrons. The first-order valence-corrected chi connectivity index (χ1v) is 24.5. The third-order valence-electron chi connectivity index (χ3n) is 9.69. The number of allylic oxidation sites excluding steroid dienone is 20. The van der Waals surface area contributed by atoms with Gasteiger partial charge in [-0.3, -0.25) is 14.4 Å². The van der Waals surface area contributed by atoms with Crippen LogP contribution in [0.3, 0.4) is 0 Å². The average molecular weight is 857 g/mol. The van der Waals surface area contributed by atoms with Gasteiger partial charge in [-0.1, -0.05) is 187 Å². The molecule has 0 rings (SSSR count). The van der Waals surface area contributed by atoms with Crippen molar-refractivity contribution >= 4 is 17.9 Å². The lowest BCUT2D eigenvalue weighted by Crippen LogP contribution is -2.30. The first kappa shape index (κ1) is 57.8. The summed E-state index contributed by atoms with van der Waals surface area (Å²) >= 11 is 0. The first-order chi connectivity index (χ1) is 30.5. The predicted molar refractivity (Wildman–Crippen MR) is 265 cm³/mol. The molecule has 0 aromatic rings. The van der Waals surface area contributed by atoms with Crippen LogP contribution in [0, 0.1) is 0 Å². The fourth-order valence-electron chi connectivity index (χ4n) is 6.05. The number of carbonyl (C=O) groups is 3. The van der Waals surface area contributed by atoms with Gasteiger partial charge in [0.25, 0.3) is 0 Å². The van der Waals surface area contributed by atoms with Crippen LogP contribution in [0.15, 0.2) is 122 Å². The number of esters is 3. The van der Waals surface area contributed by atoms with Crippen LogP contribution in [0.2, 0.25) is 0 Å². The number of rotatable bonds is 42. The standard InChI is InChI=1S/C56H88O6/c1-4-7-10-13-16-19-22-25-27-28-29-32-34-37-40-43-46-49-55(58)61-52-53(51-60-54(57)48-45-42-39-36-33-30-24-21-18-15-12-9-6-3)62-56(59)50-47-44-41-38-35-31-26-23-20-17-14-11-8-5-2/h7,9-10,12,14,16-19,21,23,25-27,29-30,32-33,39,42,53H,4-6,8,11,13,15,20,22,24,28,31,34-38,40-41,43-52H2,1-3H3/b10-7-,12-9-,17-14-,19-16-,21-18-,26-23-,27-25-,32-29-,33-30-,42-39-. The zero-order valence-corrected chi connectivity index (χ0v) is 39.6. The summed E-state index contributed by atoms with van der Waals surface area (Å²) in [5, 5.41) is 0. The molecule has 0 aliphatic rings. The van der Waals surface area contributed by atoms with E-state index in [-0.39, 0.29) is 44.0 Å². The molecule has 1 atom stereocenters. The van der Waals surface area contributed by atoms with E-state index in [9.17, 15) is 14.4 Å². The summed E-state index contributed by atoms with van der Waals surface area (Å²) in [5.74, 6) is -1.05. The number of hydrogen-bond donors (Lipinski definition) is 0. The molecule has 0 bridgehead atoms. The minimum atomic E-state index is -0.827. The highest BCUT2D eigenvalue weighted by atomic mass is 16.6. The van der Waals surface area contributed by atoms with Gasteiger partial charge in [0.15, 0.2) is 6.10 Å². The second kappa shape index (κ2) is 49.5. The fraction of sp³-hybridized carbons (Fsp3) is 0.589. The third-order valence-corrected chi connectivity index (χ3v) is 9.69. The fourth-order valence-corrected chi connectivity index (χ4v) is 6.05. The van der Waals surface area contributed by atoms with Crippen LogP contribution in [-0.2, 0) is 28.6 Å². The van der Waals surface area contributed by atoms with E-state index in [1.807, 2.05) is 12.2 Å². The van der Waals surface area contributed by atoms with Crippen LogP contribution in [0.5, 0.6) is 0 Å². The van der Waals surface area contributed by atoms with E-state index >= 15 is 0 Å². The van der Waals surface area contributed by atoms with Crippen molar-refractivity contribution in [2.75, 3.05) is 13.2 Å². The molecule has 0 saturated carbocycles. The highest BCUT2D eigenvalue weighted by Gasteiger charge is 2.19. The highest BCUT2D eigenvalue weighted by molar-refractivity contribution is 5.71. The molecule has 0 aromatic carbocycles. The van der Waals surface area contributed by atoms with Gasteiger partial charge in [0.1, 0.15) is 13.2 Å². The Balaban J connectivity index is 4.56. The Labute approximate surface area is 380 Å². The Morgan fingerprint density at radius 1 is 0.339 bits per heavy atom. The van der Waals surface area contributed by atoms with Gasteiger partial charge in [0.05, 0.1) is 0 Å². The smallest absolute Gasteiger partial charge is 0.306 e. The Morgan fingerprint density at radius 3 is 1.08 bits per heavy atom. The van der Waals surface area contributed by atoms with Crippen LogP contribution in [0.25, 0.3) is 0 Å². The minimum Gasteiger partial charge on any atom is -0.462 e. The van der Waals surface area contributed by atoms with Crippen molar-refractivity contribution in [1.82, 2.24) is 0 Å². The van der Waals surface area contributed by atoms with Crippen molar-refractivity contribution in [2.24, 2.45) is 0 Å². The molecule has 6 heteroatoms. The maximum Gasteiger partial charge on any atom is 0.306 e. The van der Waals surface area contributed by atoms with Gasteiger partial charge in [-0.05, 0) is 109 Å². The van der Waals surface area contributed by atoms with E-state index in [4.69, 9.17) is 14.2 Å². The van der Waals surface area contributed by atoms with Crippen molar-refractivity contribution in [3.63, 3.8) is 0 Å². The molecule has 1 unspecified atom stereocenters. The largest absolute Gasteiger partial charge is 0.462 e. The van der Waals surface area contributed by atoms with Crippen molar-refractivity contribution in [2.45, 2.75) is 200 Å². The lowest BCUT2D eigenvalue weighted by atomic mass is 10.1. The summed E-state index contributed by atoms with van der Waals surface area (Å²) in [6.07, 6.45) is 67.6. The number of carbonyl (C=O) groups excluding carboxylic acids is 3. The van der Waals surface area contributed by atoms with Gasteiger partial charge in [0.2, 0.25) is 0 Å². The Kier molecular flexibility index (Phi) is 46.1. The van der Waals surface area contributed by atoms with Crippen LogP contribution >= 0.6 is 0 Å². The van der Waals surface area contributed by atoms with Crippen molar-refractivity contribution in [1.29, 1.82) is 0 Å². The van der Waals surface area contributed by atoms with Gasteiger partial charge in [-0.2, -0.15) is 0 Å². The summed E-state index contributed by atoms with van der Waals surface area (Å²) < 4.78 is 16.7. The van der Waals surface area contributed by atoms with E-state index < -0.39 is 6.10 Å². The normalized spacial score (nSPS) is 13.1. The quantitative estimate of drug-likeness (QED) is 0.0263. The van der Waals surface area contributed by atoms with E-state index in [0.29, 0.717) is 12.8 Å².